The van der Waals surface area contributed by atoms with E-state index in [0.29, 0.717) is 35.2 Å². The van der Waals surface area contributed by atoms with Gasteiger partial charge < -0.3 is 20.1 Å². The number of aromatic nitrogens is 2. The van der Waals surface area contributed by atoms with Crippen molar-refractivity contribution in [2.45, 2.75) is 13.5 Å². The van der Waals surface area contributed by atoms with Crippen LogP contribution in [0.5, 0.6) is 11.5 Å². The zero-order chi connectivity index (χ0) is 19.9. The van der Waals surface area contributed by atoms with Gasteiger partial charge in [-0.2, -0.15) is 0 Å². The first kappa shape index (κ1) is 19.2. The van der Waals surface area contributed by atoms with Crippen molar-refractivity contribution in [3.8, 4) is 11.5 Å². The molecule has 3 rings (SSSR count). The summed E-state index contributed by atoms with van der Waals surface area (Å²) in [5.74, 6) is 1.72. The van der Waals surface area contributed by atoms with Gasteiger partial charge >= 0.3 is 0 Å². The lowest BCUT2D eigenvalue weighted by Crippen LogP contribution is -2.14. The average Bonchev–Trinajstić information content (AvgIpc) is 2.73. The molecule has 3 aromatic rings. The molecule has 2 aromatic carbocycles. The lowest BCUT2D eigenvalue weighted by atomic mass is 10.1. The highest BCUT2D eigenvalue weighted by molar-refractivity contribution is 6.04. The van der Waals surface area contributed by atoms with Gasteiger partial charge in [-0.05, 0) is 42.3 Å². The molecule has 0 fully saturated rings. The fourth-order valence-corrected chi connectivity index (χ4v) is 2.61. The summed E-state index contributed by atoms with van der Waals surface area (Å²) in [5.41, 5.74) is 2.80. The number of aryl methyl sites for hydroxylation is 1. The van der Waals surface area contributed by atoms with E-state index in [1.807, 2.05) is 12.1 Å². The van der Waals surface area contributed by atoms with Crippen LogP contribution in [0.4, 0.5) is 11.6 Å². The number of ether oxygens (including phenoxy) is 2. The molecule has 0 aliphatic carbocycles. The molecular formula is C21H22N4O3. The van der Waals surface area contributed by atoms with Crippen LogP contribution in [-0.2, 0) is 6.54 Å². The van der Waals surface area contributed by atoms with Crippen LogP contribution in [0.15, 0.2) is 54.6 Å². The highest BCUT2D eigenvalue weighted by atomic mass is 16.5. The van der Waals surface area contributed by atoms with E-state index in [4.69, 9.17) is 9.47 Å². The van der Waals surface area contributed by atoms with Gasteiger partial charge in [-0.15, -0.1) is 10.2 Å². The molecular weight excluding hydrogens is 356 g/mol. The average molecular weight is 378 g/mol. The second-order valence-corrected chi connectivity index (χ2v) is 6.14. The molecule has 7 nitrogen and oxygen atoms in total. The number of hydrogen-bond acceptors (Lipinski definition) is 6. The van der Waals surface area contributed by atoms with Gasteiger partial charge in [0.2, 0.25) is 0 Å². The molecule has 0 unspecified atom stereocenters. The highest BCUT2D eigenvalue weighted by Crippen LogP contribution is 2.23. The Balaban J connectivity index is 1.64. The van der Waals surface area contributed by atoms with Crippen LogP contribution in [0, 0.1) is 6.92 Å². The monoisotopic (exact) mass is 378 g/mol. The molecule has 7 heteroatoms. The molecule has 0 saturated heterocycles. The minimum Gasteiger partial charge on any atom is -0.497 e. The minimum absolute atomic E-state index is 0.327. The Labute approximate surface area is 163 Å². The largest absolute Gasteiger partial charge is 0.497 e. The Morgan fingerprint density at radius 2 is 1.57 bits per heavy atom. The normalized spacial score (nSPS) is 10.2. The van der Waals surface area contributed by atoms with Gasteiger partial charge in [-0.1, -0.05) is 24.3 Å². The molecule has 1 amide bonds. The molecule has 0 aliphatic heterocycles. The van der Waals surface area contributed by atoms with Gasteiger partial charge in [-0.25, -0.2) is 0 Å². The first-order valence-corrected chi connectivity index (χ1v) is 8.75. The standard InChI is InChI=1S/C21H22N4O3/c1-14-6-4-5-7-15(14)13-22-19-8-9-20(25-24-19)23-21(26)16-10-17(27-2)12-18(11-16)28-3/h4-12H,13H2,1-3H3,(H,22,24)(H,23,25,26). The van der Waals surface area contributed by atoms with Gasteiger partial charge in [0.1, 0.15) is 17.3 Å². The van der Waals surface area contributed by atoms with E-state index >= 15 is 0 Å². The molecule has 0 spiro atoms. The van der Waals surface area contributed by atoms with E-state index in [1.54, 1.807) is 30.3 Å². The molecule has 0 radical (unpaired) electrons. The summed E-state index contributed by atoms with van der Waals surface area (Å²) in [4.78, 5) is 12.5. The molecule has 0 aliphatic rings. The van der Waals surface area contributed by atoms with Crippen LogP contribution in [0.25, 0.3) is 0 Å². The number of anilines is 2. The van der Waals surface area contributed by atoms with E-state index in [0.717, 1.165) is 0 Å². The summed E-state index contributed by atoms with van der Waals surface area (Å²) in [5, 5.41) is 14.1. The summed E-state index contributed by atoms with van der Waals surface area (Å²) >= 11 is 0. The van der Waals surface area contributed by atoms with Crippen molar-refractivity contribution < 1.29 is 14.3 Å². The summed E-state index contributed by atoms with van der Waals surface area (Å²) in [6.45, 7) is 2.71. The van der Waals surface area contributed by atoms with Crippen LogP contribution in [-0.4, -0.2) is 30.3 Å². The fraction of sp³-hybridized carbons (Fsp3) is 0.190. The van der Waals surface area contributed by atoms with Crippen LogP contribution in [0.1, 0.15) is 21.5 Å². The first-order chi connectivity index (χ1) is 13.6. The van der Waals surface area contributed by atoms with Crippen molar-refractivity contribution in [2.75, 3.05) is 24.9 Å². The van der Waals surface area contributed by atoms with Crippen molar-refractivity contribution in [3.63, 3.8) is 0 Å². The highest BCUT2D eigenvalue weighted by Gasteiger charge is 2.11. The number of amides is 1. The summed E-state index contributed by atoms with van der Waals surface area (Å²) in [6, 6.07) is 16.6. The topological polar surface area (TPSA) is 85.4 Å². The third kappa shape index (κ3) is 4.76. The van der Waals surface area contributed by atoms with E-state index < -0.39 is 0 Å². The fourth-order valence-electron chi connectivity index (χ4n) is 2.61. The Bertz CT molecular complexity index is 936. The molecule has 0 saturated carbocycles. The van der Waals surface area contributed by atoms with E-state index in [1.165, 1.54) is 25.3 Å². The molecule has 28 heavy (non-hydrogen) atoms. The van der Waals surface area contributed by atoms with Crippen LogP contribution in [0.2, 0.25) is 0 Å². The van der Waals surface area contributed by atoms with Crippen molar-refractivity contribution >= 4 is 17.5 Å². The predicted octanol–water partition coefficient (Wildman–Crippen LogP) is 3.67. The zero-order valence-electron chi connectivity index (χ0n) is 16.0. The molecule has 1 aromatic heterocycles. The van der Waals surface area contributed by atoms with E-state index in [2.05, 4.69) is 39.9 Å². The summed E-state index contributed by atoms with van der Waals surface area (Å²) in [6.07, 6.45) is 0. The SMILES string of the molecule is COc1cc(OC)cc(C(=O)Nc2ccc(NCc3ccccc3C)nn2)c1. The van der Waals surface area contributed by atoms with Crippen molar-refractivity contribution in [1.82, 2.24) is 10.2 Å². The smallest absolute Gasteiger partial charge is 0.257 e. The lowest BCUT2D eigenvalue weighted by molar-refractivity contribution is 0.102. The van der Waals surface area contributed by atoms with Gasteiger partial charge in [0, 0.05) is 18.2 Å². The maximum Gasteiger partial charge on any atom is 0.257 e. The van der Waals surface area contributed by atoms with Crippen LogP contribution >= 0.6 is 0 Å². The van der Waals surface area contributed by atoms with Crippen molar-refractivity contribution in [2.24, 2.45) is 0 Å². The Morgan fingerprint density at radius 3 is 2.18 bits per heavy atom. The molecule has 144 valence electrons. The van der Waals surface area contributed by atoms with Crippen LogP contribution < -0.4 is 20.1 Å². The number of nitrogens with zero attached hydrogens (tertiary/aromatic N) is 2. The second-order valence-electron chi connectivity index (χ2n) is 6.14. The number of benzene rings is 2. The van der Waals surface area contributed by atoms with Crippen molar-refractivity contribution in [3.05, 3.63) is 71.3 Å². The maximum absolute atomic E-state index is 12.5. The molecule has 0 bridgehead atoms. The van der Waals surface area contributed by atoms with E-state index in [-0.39, 0.29) is 5.91 Å². The summed E-state index contributed by atoms with van der Waals surface area (Å²) < 4.78 is 10.4. The zero-order valence-corrected chi connectivity index (χ0v) is 16.0. The summed E-state index contributed by atoms with van der Waals surface area (Å²) in [7, 11) is 3.06. The quantitative estimate of drug-likeness (QED) is 0.653. The van der Waals surface area contributed by atoms with Gasteiger partial charge in [0.15, 0.2) is 5.82 Å². The first-order valence-electron chi connectivity index (χ1n) is 8.75. The molecule has 1 heterocycles. The molecule has 0 atom stereocenters. The number of nitrogens with one attached hydrogen (secondary N) is 2. The number of rotatable bonds is 7. The lowest BCUT2D eigenvalue weighted by Gasteiger charge is -2.10. The van der Waals surface area contributed by atoms with E-state index in [9.17, 15) is 4.79 Å². The maximum atomic E-state index is 12.5. The molecule has 2 N–H and O–H groups in total. The Kier molecular flexibility index (Phi) is 6.06. The van der Waals surface area contributed by atoms with Gasteiger partial charge in [0.05, 0.1) is 14.2 Å². The number of hydrogen-bond donors (Lipinski definition) is 2. The number of carbonyl (C=O) groups excluding carboxylic acids is 1. The number of methoxy groups -OCH3 is 2. The van der Waals surface area contributed by atoms with Crippen LogP contribution in [0.3, 0.4) is 0 Å². The predicted molar refractivity (Wildman–Crippen MR) is 108 cm³/mol. The second kappa shape index (κ2) is 8.85. The third-order valence-electron chi connectivity index (χ3n) is 4.24. The third-order valence-corrected chi connectivity index (χ3v) is 4.24. The number of carbonyl (C=O) groups is 1. The van der Waals surface area contributed by atoms with Gasteiger partial charge in [0.25, 0.3) is 5.91 Å². The Hall–Kier alpha value is -3.61. The minimum atomic E-state index is -0.327. The van der Waals surface area contributed by atoms with Crippen molar-refractivity contribution in [1.29, 1.82) is 0 Å². The van der Waals surface area contributed by atoms with Gasteiger partial charge in [-0.3, -0.25) is 4.79 Å². The Morgan fingerprint density at radius 1 is 0.929 bits per heavy atom.